The van der Waals surface area contributed by atoms with Crippen LogP contribution < -0.4 is 0 Å². The van der Waals surface area contributed by atoms with Crippen molar-refractivity contribution in [1.29, 1.82) is 0 Å². The van der Waals surface area contributed by atoms with Crippen molar-refractivity contribution in [1.82, 2.24) is 0 Å². The van der Waals surface area contributed by atoms with Crippen molar-refractivity contribution >= 4 is 12.1 Å². The lowest BCUT2D eigenvalue weighted by Crippen LogP contribution is -2.53. The van der Waals surface area contributed by atoms with E-state index in [1.54, 1.807) is 0 Å². The highest BCUT2D eigenvalue weighted by molar-refractivity contribution is 5.66. The van der Waals surface area contributed by atoms with E-state index in [0.29, 0.717) is 0 Å². The van der Waals surface area contributed by atoms with Gasteiger partial charge in [-0.05, 0) is 0 Å². The largest absolute Gasteiger partial charge is 0.515 e. The summed E-state index contributed by atoms with van der Waals surface area (Å²) in [6.07, 6.45) is -3.90. The van der Waals surface area contributed by atoms with E-state index in [9.17, 15) is 9.59 Å². The highest BCUT2D eigenvalue weighted by atomic mass is 16.7. The first-order valence-electron chi connectivity index (χ1n) is 6.51. The molecule has 130 valence electrons. The van der Waals surface area contributed by atoms with Gasteiger partial charge in [-0.1, -0.05) is 0 Å². The van der Waals surface area contributed by atoms with Gasteiger partial charge in [-0.2, -0.15) is 4.79 Å². The third-order valence-electron chi connectivity index (χ3n) is 2.60. The van der Waals surface area contributed by atoms with E-state index in [1.165, 1.54) is 14.1 Å². The highest BCUT2D eigenvalue weighted by Gasteiger charge is 2.37. The van der Waals surface area contributed by atoms with Crippen LogP contribution in [0, 0.1) is 0 Å². The Morgan fingerprint density at radius 3 is 2.18 bits per heavy atom. The van der Waals surface area contributed by atoms with Crippen molar-refractivity contribution in [2.24, 2.45) is 0 Å². The number of quaternary nitrogens is 1. The number of ether oxygens (including phenoxy) is 2. The zero-order valence-corrected chi connectivity index (χ0v) is 12.8. The van der Waals surface area contributed by atoms with Gasteiger partial charge >= 0.3 is 12.1 Å². The summed E-state index contributed by atoms with van der Waals surface area (Å²) in [7, 11) is 2.80. The van der Waals surface area contributed by atoms with E-state index >= 15 is 0 Å². The van der Waals surface area contributed by atoms with E-state index < -0.39 is 54.4 Å². The lowest BCUT2D eigenvalue weighted by Gasteiger charge is -2.30. The van der Waals surface area contributed by atoms with Crippen LogP contribution in [0.1, 0.15) is 13.3 Å². The van der Waals surface area contributed by atoms with Crippen LogP contribution in [0.25, 0.3) is 0 Å². The molecule has 0 fully saturated rings. The van der Waals surface area contributed by atoms with Crippen molar-refractivity contribution < 1.29 is 49.1 Å². The number of aliphatic hydroxyl groups excluding tert-OH is 2. The normalized spacial score (nSPS) is 15.1. The summed E-state index contributed by atoms with van der Waals surface area (Å²) in [5.74, 6) is -3.78. The first kappa shape index (κ1) is 20.7. The number of amides is 1. The maximum absolute atomic E-state index is 11.9. The van der Waals surface area contributed by atoms with E-state index in [0.717, 1.165) is 6.92 Å². The average Bonchev–Trinajstić information content (AvgIpc) is 2.31. The molecule has 2 unspecified atom stereocenters. The summed E-state index contributed by atoms with van der Waals surface area (Å²) >= 11 is 0. The number of nitrogens with zero attached hydrogens (tertiary/aromatic N) is 1. The van der Waals surface area contributed by atoms with Crippen molar-refractivity contribution in [2.75, 3.05) is 33.9 Å². The van der Waals surface area contributed by atoms with Gasteiger partial charge in [-0.25, -0.2) is 4.48 Å². The molecule has 0 spiro atoms. The molecule has 2 atom stereocenters. The quantitative estimate of drug-likeness (QED) is 0.185. The fourth-order valence-electron chi connectivity index (χ4n) is 1.66. The second-order valence-electron chi connectivity index (χ2n) is 5.49. The summed E-state index contributed by atoms with van der Waals surface area (Å²) in [6.45, 7) is -0.105. The molecule has 0 aliphatic rings. The molecule has 5 N–H and O–H groups in total. The Morgan fingerprint density at radius 1 is 1.23 bits per heavy atom. The van der Waals surface area contributed by atoms with Crippen LogP contribution in [-0.2, 0) is 14.3 Å². The highest BCUT2D eigenvalue weighted by Crippen LogP contribution is 2.14. The maximum Gasteiger partial charge on any atom is 0.515 e. The third-order valence-corrected chi connectivity index (χ3v) is 2.60. The Kier molecular flexibility index (Phi) is 7.87. The van der Waals surface area contributed by atoms with Crippen LogP contribution >= 0.6 is 0 Å². The molecule has 1 amide bonds. The predicted octanol–water partition coefficient (Wildman–Crippen LogP) is -2.49. The molecule has 0 aromatic heterocycles. The minimum absolute atomic E-state index is 0.211. The molecular formula is C12H24NO9+. The molecule has 0 saturated carbocycles. The van der Waals surface area contributed by atoms with Gasteiger partial charge in [-0.15, -0.1) is 0 Å². The number of carbonyl (C=O) groups excluding carboxylic acids is 2. The van der Waals surface area contributed by atoms with Crippen molar-refractivity contribution in [3.63, 3.8) is 0 Å². The first-order valence-corrected chi connectivity index (χ1v) is 6.51. The van der Waals surface area contributed by atoms with Gasteiger partial charge in [0.2, 0.25) is 0 Å². The van der Waals surface area contributed by atoms with E-state index in [-0.39, 0.29) is 6.54 Å². The molecule has 0 saturated heterocycles. The molecule has 10 heteroatoms. The number of aliphatic hydroxyl groups is 5. The molecule has 0 aromatic rings. The number of hydrogen-bond acceptors (Lipinski definition) is 9. The second kappa shape index (κ2) is 8.36. The number of hydrogen-bond donors (Lipinski definition) is 5. The molecule has 0 bridgehead atoms. The molecule has 0 aromatic carbocycles. The van der Waals surface area contributed by atoms with Gasteiger partial charge in [0.15, 0.2) is 6.10 Å². The van der Waals surface area contributed by atoms with Crippen LogP contribution in [0.3, 0.4) is 0 Å². The molecular weight excluding hydrogens is 302 g/mol. The van der Waals surface area contributed by atoms with Gasteiger partial charge < -0.3 is 35.0 Å². The van der Waals surface area contributed by atoms with Gasteiger partial charge in [-0.3, -0.25) is 4.79 Å². The first-order chi connectivity index (χ1) is 9.87. The number of carbonyl (C=O) groups is 2. The van der Waals surface area contributed by atoms with Gasteiger partial charge in [0.05, 0.1) is 27.1 Å². The lowest BCUT2D eigenvalue weighted by molar-refractivity contribution is -0.821. The fraction of sp³-hybridized carbons (Fsp3) is 0.833. The van der Waals surface area contributed by atoms with Gasteiger partial charge in [0.25, 0.3) is 5.97 Å². The molecule has 22 heavy (non-hydrogen) atoms. The van der Waals surface area contributed by atoms with Crippen molar-refractivity contribution in [2.45, 2.75) is 31.5 Å². The molecule has 0 aliphatic carbocycles. The molecule has 0 radical (unpaired) electrons. The van der Waals surface area contributed by atoms with Crippen LogP contribution in [0.5, 0.6) is 0 Å². The summed E-state index contributed by atoms with van der Waals surface area (Å²) in [4.78, 5) is 22.9. The van der Waals surface area contributed by atoms with Crippen LogP contribution in [-0.4, -0.2) is 94.1 Å². The van der Waals surface area contributed by atoms with E-state index in [4.69, 9.17) is 35.0 Å². The zero-order valence-electron chi connectivity index (χ0n) is 12.8. The third kappa shape index (κ3) is 8.87. The molecule has 0 rings (SSSR count). The smallest absolute Gasteiger partial charge is 0.456 e. The summed E-state index contributed by atoms with van der Waals surface area (Å²) < 4.78 is 9.14. The number of esters is 1. The topological polar surface area (TPSA) is 154 Å². The Hall–Kier alpha value is -1.30. The summed E-state index contributed by atoms with van der Waals surface area (Å²) in [6, 6.07) is 0. The van der Waals surface area contributed by atoms with Crippen LogP contribution in [0.2, 0.25) is 0 Å². The molecule has 10 nitrogen and oxygen atoms in total. The summed E-state index contributed by atoms with van der Waals surface area (Å²) in [5, 5.41) is 44.7. The monoisotopic (exact) mass is 326 g/mol. The second-order valence-corrected chi connectivity index (χ2v) is 5.49. The number of likely N-dealkylation sites (N-methyl/N-ethyl adjacent to an activating group) is 1. The zero-order chi connectivity index (χ0) is 17.6. The SMILES string of the molecule is CC(=O)OC(CC(O)(O)O)C[N+](C)(C)C(=O)OCC(O)CO. The Morgan fingerprint density at radius 2 is 1.77 bits per heavy atom. The Balaban J connectivity index is 4.77. The van der Waals surface area contributed by atoms with Crippen molar-refractivity contribution in [3.8, 4) is 0 Å². The summed E-state index contributed by atoms with van der Waals surface area (Å²) in [5.41, 5.74) is 0. The minimum Gasteiger partial charge on any atom is -0.456 e. The lowest BCUT2D eigenvalue weighted by atomic mass is 10.2. The van der Waals surface area contributed by atoms with Crippen molar-refractivity contribution in [3.05, 3.63) is 0 Å². The molecule has 0 aliphatic heterocycles. The van der Waals surface area contributed by atoms with Gasteiger partial charge in [0, 0.05) is 6.92 Å². The Labute approximate surface area is 127 Å². The standard InChI is InChI=1S/C12H24NO9/c1-8(15)22-10(4-12(18,19)20)5-13(2,3)11(17)21-7-9(16)6-14/h9-10,14,16,18-20H,4-7H2,1-3H3/q+1. The minimum atomic E-state index is -3.06. The fourth-order valence-corrected chi connectivity index (χ4v) is 1.66. The van der Waals surface area contributed by atoms with Crippen LogP contribution in [0.4, 0.5) is 4.79 Å². The van der Waals surface area contributed by atoms with Gasteiger partial charge in [0.1, 0.15) is 19.3 Å². The Bertz CT molecular complexity index is 377. The average molecular weight is 326 g/mol. The van der Waals surface area contributed by atoms with E-state index in [1.807, 2.05) is 0 Å². The van der Waals surface area contributed by atoms with E-state index in [2.05, 4.69) is 0 Å². The van der Waals surface area contributed by atoms with Crippen LogP contribution in [0.15, 0.2) is 0 Å². The predicted molar refractivity (Wildman–Crippen MR) is 71.0 cm³/mol. The maximum atomic E-state index is 11.9. The number of rotatable bonds is 8. The molecule has 0 heterocycles.